The second-order valence-corrected chi connectivity index (χ2v) is 6.46. The van der Waals surface area contributed by atoms with E-state index in [-0.39, 0.29) is 16.6 Å². The zero-order valence-electron chi connectivity index (χ0n) is 12.1. The Kier molecular flexibility index (Phi) is 2.70. The minimum atomic E-state index is -0.661. The van der Waals surface area contributed by atoms with Crippen LogP contribution in [0.25, 0.3) is 0 Å². The van der Waals surface area contributed by atoms with Crippen molar-refractivity contribution in [3.63, 3.8) is 0 Å². The largest absolute Gasteiger partial charge is 0.366 e. The van der Waals surface area contributed by atoms with Crippen molar-refractivity contribution < 1.29 is 9.53 Å². The Morgan fingerprint density at radius 2 is 2.16 bits per heavy atom. The van der Waals surface area contributed by atoms with E-state index in [4.69, 9.17) is 4.74 Å². The van der Waals surface area contributed by atoms with Crippen LogP contribution in [0, 0.1) is 22.7 Å². The molecule has 0 aromatic rings. The summed E-state index contributed by atoms with van der Waals surface area (Å²) in [7, 11) is 1.67. The van der Waals surface area contributed by atoms with Gasteiger partial charge in [0.2, 0.25) is 0 Å². The van der Waals surface area contributed by atoms with Gasteiger partial charge in [0.1, 0.15) is 5.60 Å². The van der Waals surface area contributed by atoms with Crippen LogP contribution in [0.5, 0.6) is 0 Å². The molecule has 4 aliphatic rings. The van der Waals surface area contributed by atoms with Crippen LogP contribution in [0.1, 0.15) is 52.4 Å². The second kappa shape index (κ2) is 3.96. The van der Waals surface area contributed by atoms with Crippen molar-refractivity contribution in [2.45, 2.75) is 58.0 Å². The number of hydrogen-bond donors (Lipinski definition) is 0. The number of Topliss-reactive ketones (excluding diaryl/α,β-unsaturated/α-hetero) is 1. The van der Waals surface area contributed by atoms with Gasteiger partial charge in [-0.25, -0.2) is 0 Å². The van der Waals surface area contributed by atoms with Crippen LogP contribution < -0.4 is 0 Å². The van der Waals surface area contributed by atoms with E-state index in [1.54, 1.807) is 7.11 Å². The van der Waals surface area contributed by atoms with Crippen molar-refractivity contribution in [2.24, 2.45) is 10.8 Å². The van der Waals surface area contributed by atoms with E-state index in [0.717, 1.165) is 25.7 Å². The van der Waals surface area contributed by atoms with Gasteiger partial charge in [-0.15, -0.1) is 11.8 Å². The Bertz CT molecular complexity index is 521. The maximum atomic E-state index is 13.1. The Morgan fingerprint density at radius 1 is 1.37 bits per heavy atom. The molecular weight excluding hydrogens is 236 g/mol. The van der Waals surface area contributed by atoms with Crippen LogP contribution in [-0.2, 0) is 9.53 Å². The van der Waals surface area contributed by atoms with Gasteiger partial charge in [-0.1, -0.05) is 12.5 Å². The van der Waals surface area contributed by atoms with Crippen molar-refractivity contribution in [3.8, 4) is 11.8 Å². The van der Waals surface area contributed by atoms with Gasteiger partial charge < -0.3 is 4.74 Å². The zero-order valence-corrected chi connectivity index (χ0v) is 12.1. The zero-order chi connectivity index (χ0) is 13.7. The lowest BCUT2D eigenvalue weighted by Crippen LogP contribution is -2.63. The number of hydrogen-bond acceptors (Lipinski definition) is 2. The molecule has 0 radical (unpaired) electrons. The Morgan fingerprint density at radius 3 is 2.84 bits per heavy atom. The number of allylic oxidation sites excluding steroid dienone is 1. The van der Waals surface area contributed by atoms with Crippen LogP contribution in [-0.4, -0.2) is 18.5 Å². The summed E-state index contributed by atoms with van der Waals surface area (Å²) in [5.74, 6) is 6.40. The molecule has 102 valence electrons. The van der Waals surface area contributed by atoms with Gasteiger partial charge in [0.25, 0.3) is 0 Å². The molecule has 2 heteroatoms. The minimum absolute atomic E-state index is 0.0776. The maximum absolute atomic E-state index is 13.1. The Labute approximate surface area is 115 Å². The fourth-order valence-electron chi connectivity index (χ4n) is 4.77. The summed E-state index contributed by atoms with van der Waals surface area (Å²) < 4.78 is 5.68. The van der Waals surface area contributed by atoms with E-state index in [1.165, 1.54) is 12.0 Å². The molecule has 2 saturated carbocycles. The molecule has 2 fully saturated rings. The molecule has 0 unspecified atom stereocenters. The van der Waals surface area contributed by atoms with Crippen molar-refractivity contribution in [1.82, 2.24) is 0 Å². The first-order valence-electron chi connectivity index (χ1n) is 7.27. The van der Waals surface area contributed by atoms with Crippen molar-refractivity contribution >= 4 is 5.78 Å². The van der Waals surface area contributed by atoms with E-state index < -0.39 is 5.60 Å². The Hall–Kier alpha value is -1.07. The lowest BCUT2D eigenvalue weighted by atomic mass is 9.46. The first kappa shape index (κ1) is 12.9. The highest BCUT2D eigenvalue weighted by Gasteiger charge is 2.67. The third-order valence-corrected chi connectivity index (χ3v) is 5.92. The highest BCUT2D eigenvalue weighted by molar-refractivity contribution is 5.98. The average molecular weight is 258 g/mol. The summed E-state index contributed by atoms with van der Waals surface area (Å²) in [5, 5.41) is 0. The highest BCUT2D eigenvalue weighted by atomic mass is 16.5. The number of fused-ring (bicyclic) bond motifs is 2. The minimum Gasteiger partial charge on any atom is -0.366 e. The third-order valence-electron chi connectivity index (χ3n) is 5.92. The summed E-state index contributed by atoms with van der Waals surface area (Å²) in [6, 6.07) is 0. The van der Waals surface area contributed by atoms with Gasteiger partial charge >= 0.3 is 0 Å². The van der Waals surface area contributed by atoms with Crippen LogP contribution in [0.15, 0.2) is 11.6 Å². The van der Waals surface area contributed by atoms with Gasteiger partial charge in [-0.3, -0.25) is 4.79 Å². The third kappa shape index (κ3) is 1.35. The molecule has 1 spiro atoms. The van der Waals surface area contributed by atoms with Crippen LogP contribution in [0.2, 0.25) is 0 Å². The maximum Gasteiger partial charge on any atom is 0.176 e. The molecule has 0 saturated heterocycles. The van der Waals surface area contributed by atoms with Crippen LogP contribution in [0.4, 0.5) is 0 Å². The van der Waals surface area contributed by atoms with Crippen molar-refractivity contribution in [2.75, 3.05) is 7.11 Å². The number of ketones is 1. The smallest absolute Gasteiger partial charge is 0.176 e. The molecule has 3 atom stereocenters. The van der Waals surface area contributed by atoms with Crippen molar-refractivity contribution in [3.05, 3.63) is 11.6 Å². The normalized spacial score (nSPS) is 43.5. The fourth-order valence-corrected chi connectivity index (χ4v) is 4.77. The average Bonchev–Trinajstić information content (AvgIpc) is 2.86. The molecule has 2 bridgehead atoms. The SMILES string of the molecule is CC#CC[C@@]1(C)C(=O)[C@@]2(OC)C=C3CCC[C@]31CC2. The monoisotopic (exact) mass is 258 g/mol. The van der Waals surface area contributed by atoms with Gasteiger partial charge in [0.05, 0.1) is 0 Å². The Balaban J connectivity index is 2.17. The summed E-state index contributed by atoms with van der Waals surface area (Å²) in [6.45, 7) is 3.98. The van der Waals surface area contributed by atoms with Crippen LogP contribution in [0.3, 0.4) is 0 Å². The molecule has 2 nitrogen and oxygen atoms in total. The molecule has 19 heavy (non-hydrogen) atoms. The fraction of sp³-hybridized carbons (Fsp3) is 0.706. The molecule has 4 aliphatic carbocycles. The summed E-state index contributed by atoms with van der Waals surface area (Å²) in [5.41, 5.74) is 0.533. The predicted octanol–water partition coefficient (Wildman–Crippen LogP) is 3.26. The molecule has 0 amide bonds. The van der Waals surface area contributed by atoms with E-state index in [9.17, 15) is 4.79 Å². The van der Waals surface area contributed by atoms with E-state index in [0.29, 0.717) is 6.42 Å². The van der Waals surface area contributed by atoms with E-state index in [2.05, 4.69) is 24.8 Å². The molecular formula is C17H22O2. The van der Waals surface area contributed by atoms with Crippen molar-refractivity contribution in [1.29, 1.82) is 0 Å². The van der Waals surface area contributed by atoms with Gasteiger partial charge in [-0.2, -0.15) is 0 Å². The molecule has 0 aromatic carbocycles. The number of carbonyl (C=O) groups is 1. The summed E-state index contributed by atoms with van der Waals surface area (Å²) in [6.07, 6.45) is 8.24. The number of rotatable bonds is 2. The standard InChI is InChI=1S/C17H22O2/c1-4-5-8-15(2)14(18)17(19-3)11-10-16(15)9-6-7-13(16)12-17/h12H,6-11H2,1-3H3/t15-,16-,17-/m0/s1. The molecule has 0 N–H and O–H groups in total. The number of carbonyl (C=O) groups excluding carboxylic acids is 1. The van der Waals surface area contributed by atoms with Gasteiger partial charge in [0.15, 0.2) is 5.78 Å². The second-order valence-electron chi connectivity index (χ2n) is 6.46. The quantitative estimate of drug-likeness (QED) is 0.561. The predicted molar refractivity (Wildman–Crippen MR) is 74.5 cm³/mol. The number of ether oxygens (including phenoxy) is 1. The summed E-state index contributed by atoms with van der Waals surface area (Å²) >= 11 is 0. The first-order valence-corrected chi connectivity index (χ1v) is 7.27. The van der Waals surface area contributed by atoms with Crippen LogP contribution >= 0.6 is 0 Å². The lowest BCUT2D eigenvalue weighted by Gasteiger charge is -2.58. The van der Waals surface area contributed by atoms with E-state index in [1.807, 2.05) is 6.92 Å². The topological polar surface area (TPSA) is 26.3 Å². The lowest BCUT2D eigenvalue weighted by molar-refractivity contribution is -0.166. The summed E-state index contributed by atoms with van der Waals surface area (Å²) in [4.78, 5) is 13.1. The highest BCUT2D eigenvalue weighted by Crippen LogP contribution is 2.67. The molecule has 4 rings (SSSR count). The van der Waals surface area contributed by atoms with Gasteiger partial charge in [0, 0.05) is 24.4 Å². The van der Waals surface area contributed by atoms with E-state index >= 15 is 0 Å². The molecule has 0 aliphatic heterocycles. The molecule has 0 aromatic heterocycles. The number of methoxy groups -OCH3 is 1. The first-order chi connectivity index (χ1) is 9.05. The molecule has 0 heterocycles. The van der Waals surface area contributed by atoms with Gasteiger partial charge in [-0.05, 0) is 45.1 Å².